The Labute approximate surface area is 198 Å². The number of pyridine rings is 1. The summed E-state index contributed by atoms with van der Waals surface area (Å²) in [5.41, 5.74) is 0.510. The maximum atomic E-state index is 13.5. The maximum Gasteiger partial charge on any atom is 0.408 e. The molecule has 1 N–H and O–H groups in total. The predicted octanol–water partition coefficient (Wildman–Crippen LogP) is 5.66. The molecule has 1 aromatic carbocycles. The molecule has 8 heteroatoms. The standard InChI is InChI=1S/C25H29ClN2O5/c1-14(2)20(28-24(30)33-25(3,4)5)22-18(13-15-8-7-9-16(12-15)31-6)21(29)17-10-11-19(26)27-23(17)32-22/h7-12,14,20H,13H2,1-6H3,(H,28,30). The molecule has 1 unspecified atom stereocenters. The van der Waals surface area contributed by atoms with Gasteiger partial charge >= 0.3 is 6.09 Å². The Hall–Kier alpha value is -3.06. The number of hydrogen-bond acceptors (Lipinski definition) is 6. The van der Waals surface area contributed by atoms with Crippen LogP contribution in [0.5, 0.6) is 5.75 Å². The summed E-state index contributed by atoms with van der Waals surface area (Å²) in [6.45, 7) is 9.20. The summed E-state index contributed by atoms with van der Waals surface area (Å²) < 4.78 is 16.9. The number of aromatic nitrogens is 1. The number of ether oxygens (including phenoxy) is 2. The molecule has 0 aliphatic heterocycles. The molecule has 0 bridgehead atoms. The molecule has 0 spiro atoms. The summed E-state index contributed by atoms with van der Waals surface area (Å²) in [5, 5.41) is 3.39. The van der Waals surface area contributed by atoms with Crippen LogP contribution in [-0.2, 0) is 11.2 Å². The first-order valence-electron chi connectivity index (χ1n) is 10.7. The second-order valence-electron chi connectivity index (χ2n) is 9.16. The Morgan fingerprint density at radius 3 is 2.58 bits per heavy atom. The van der Waals surface area contributed by atoms with Crippen molar-refractivity contribution in [2.24, 2.45) is 5.92 Å². The normalized spacial score (nSPS) is 12.6. The summed E-state index contributed by atoms with van der Waals surface area (Å²) in [5.74, 6) is 0.896. The van der Waals surface area contributed by atoms with Crippen molar-refractivity contribution in [2.45, 2.75) is 52.7 Å². The summed E-state index contributed by atoms with van der Waals surface area (Å²) in [4.78, 5) is 30.3. The van der Waals surface area contributed by atoms with Crippen LogP contribution in [0.15, 0.2) is 45.6 Å². The van der Waals surface area contributed by atoms with Crippen LogP contribution in [0.25, 0.3) is 11.1 Å². The molecule has 33 heavy (non-hydrogen) atoms. The highest BCUT2D eigenvalue weighted by molar-refractivity contribution is 6.29. The SMILES string of the molecule is COc1cccc(Cc2c(C(NC(=O)OC(C)(C)C)C(C)C)oc3nc(Cl)ccc3c2=O)c1. The Morgan fingerprint density at radius 1 is 1.21 bits per heavy atom. The van der Waals surface area contributed by atoms with E-state index in [1.165, 1.54) is 0 Å². The van der Waals surface area contributed by atoms with E-state index in [4.69, 9.17) is 25.5 Å². The lowest BCUT2D eigenvalue weighted by atomic mass is 9.94. The number of methoxy groups -OCH3 is 1. The third kappa shape index (κ3) is 6.05. The van der Waals surface area contributed by atoms with E-state index in [1.54, 1.807) is 40.0 Å². The van der Waals surface area contributed by atoms with Crippen LogP contribution in [0.2, 0.25) is 5.15 Å². The number of carbonyl (C=O) groups excluding carboxylic acids is 1. The Kier molecular flexibility index (Phi) is 7.32. The number of carbonyl (C=O) groups is 1. The van der Waals surface area contributed by atoms with E-state index in [2.05, 4.69) is 10.3 Å². The van der Waals surface area contributed by atoms with Crippen LogP contribution in [0.3, 0.4) is 0 Å². The fourth-order valence-electron chi connectivity index (χ4n) is 3.48. The number of nitrogens with one attached hydrogen (secondary N) is 1. The molecule has 0 saturated carbocycles. The second-order valence-corrected chi connectivity index (χ2v) is 9.54. The summed E-state index contributed by atoms with van der Waals surface area (Å²) in [7, 11) is 1.59. The van der Waals surface area contributed by atoms with Gasteiger partial charge in [-0.05, 0) is 56.5 Å². The average Bonchev–Trinajstić information content (AvgIpc) is 2.72. The number of halogens is 1. The van der Waals surface area contributed by atoms with E-state index < -0.39 is 17.7 Å². The average molecular weight is 473 g/mol. The molecule has 0 saturated heterocycles. The van der Waals surface area contributed by atoms with Gasteiger partial charge in [0, 0.05) is 12.0 Å². The number of fused-ring (bicyclic) bond motifs is 1. The minimum absolute atomic E-state index is 0.110. The smallest absolute Gasteiger partial charge is 0.408 e. The quantitative estimate of drug-likeness (QED) is 0.465. The lowest BCUT2D eigenvalue weighted by Gasteiger charge is -2.26. The molecule has 0 radical (unpaired) electrons. The molecule has 3 aromatic rings. The van der Waals surface area contributed by atoms with Gasteiger partial charge in [0.1, 0.15) is 22.3 Å². The van der Waals surface area contributed by atoms with Crippen LogP contribution in [0.4, 0.5) is 4.79 Å². The van der Waals surface area contributed by atoms with Crippen LogP contribution >= 0.6 is 11.6 Å². The molecule has 1 amide bonds. The monoisotopic (exact) mass is 472 g/mol. The zero-order valence-corrected chi connectivity index (χ0v) is 20.4. The van der Waals surface area contributed by atoms with Crippen LogP contribution in [0.1, 0.15) is 57.5 Å². The third-order valence-corrected chi connectivity index (χ3v) is 5.20. The molecule has 176 valence electrons. The molecule has 0 fully saturated rings. The summed E-state index contributed by atoms with van der Waals surface area (Å²) >= 11 is 6.05. The van der Waals surface area contributed by atoms with Gasteiger partial charge in [0.2, 0.25) is 5.71 Å². The van der Waals surface area contributed by atoms with E-state index in [-0.39, 0.29) is 28.6 Å². The topological polar surface area (TPSA) is 90.7 Å². The van der Waals surface area contributed by atoms with Gasteiger partial charge in [0.25, 0.3) is 0 Å². The molecule has 0 aliphatic rings. The lowest BCUT2D eigenvalue weighted by Crippen LogP contribution is -2.37. The van der Waals surface area contributed by atoms with Gasteiger partial charge in [0.05, 0.1) is 18.5 Å². The van der Waals surface area contributed by atoms with Crippen LogP contribution in [-0.4, -0.2) is 23.8 Å². The lowest BCUT2D eigenvalue weighted by molar-refractivity contribution is 0.0481. The number of alkyl carbamates (subject to hydrolysis) is 1. The first-order valence-corrected chi connectivity index (χ1v) is 11.1. The van der Waals surface area contributed by atoms with Crippen molar-refractivity contribution in [3.63, 3.8) is 0 Å². The number of rotatable bonds is 6. The molecular formula is C25H29ClN2O5. The van der Waals surface area contributed by atoms with Crippen molar-refractivity contribution in [2.75, 3.05) is 7.11 Å². The Bertz CT molecular complexity index is 1210. The zero-order valence-electron chi connectivity index (χ0n) is 19.7. The first kappa shape index (κ1) is 24.6. The van der Waals surface area contributed by atoms with E-state index >= 15 is 0 Å². The molecule has 2 aromatic heterocycles. The number of amides is 1. The van der Waals surface area contributed by atoms with Crippen molar-refractivity contribution in [3.8, 4) is 5.75 Å². The van der Waals surface area contributed by atoms with Crippen LogP contribution in [0, 0.1) is 5.92 Å². The van der Waals surface area contributed by atoms with Gasteiger partial charge < -0.3 is 19.2 Å². The fourth-order valence-corrected chi connectivity index (χ4v) is 3.62. The van der Waals surface area contributed by atoms with E-state index in [0.717, 1.165) is 5.56 Å². The second kappa shape index (κ2) is 9.83. The number of benzene rings is 1. The Morgan fingerprint density at radius 2 is 1.94 bits per heavy atom. The van der Waals surface area contributed by atoms with Gasteiger partial charge in [0.15, 0.2) is 5.43 Å². The molecular weight excluding hydrogens is 444 g/mol. The Balaban J connectivity index is 2.16. The highest BCUT2D eigenvalue weighted by Gasteiger charge is 2.29. The van der Waals surface area contributed by atoms with Gasteiger partial charge in [-0.25, -0.2) is 9.78 Å². The maximum absolute atomic E-state index is 13.5. The van der Waals surface area contributed by atoms with E-state index in [0.29, 0.717) is 22.5 Å². The van der Waals surface area contributed by atoms with Crippen molar-refractivity contribution >= 4 is 28.8 Å². The third-order valence-electron chi connectivity index (χ3n) is 4.99. The first-order chi connectivity index (χ1) is 15.5. The van der Waals surface area contributed by atoms with Gasteiger partial charge in [-0.3, -0.25) is 4.79 Å². The zero-order chi connectivity index (χ0) is 24.3. The van der Waals surface area contributed by atoms with E-state index in [1.807, 2.05) is 38.1 Å². The highest BCUT2D eigenvalue weighted by atomic mass is 35.5. The summed E-state index contributed by atoms with van der Waals surface area (Å²) in [6, 6.07) is 9.98. The predicted molar refractivity (Wildman–Crippen MR) is 128 cm³/mol. The van der Waals surface area contributed by atoms with Gasteiger partial charge in [-0.15, -0.1) is 0 Å². The van der Waals surface area contributed by atoms with Crippen molar-refractivity contribution < 1.29 is 18.7 Å². The fraction of sp³-hybridized carbons (Fsp3) is 0.400. The molecule has 0 aliphatic carbocycles. The van der Waals surface area contributed by atoms with Crippen molar-refractivity contribution in [1.82, 2.24) is 10.3 Å². The van der Waals surface area contributed by atoms with Crippen LogP contribution < -0.4 is 15.5 Å². The van der Waals surface area contributed by atoms with Gasteiger partial charge in [-0.1, -0.05) is 37.6 Å². The minimum Gasteiger partial charge on any atom is -0.497 e. The largest absolute Gasteiger partial charge is 0.497 e. The molecule has 1 atom stereocenters. The number of nitrogens with zero attached hydrogens (tertiary/aromatic N) is 1. The molecule has 2 heterocycles. The van der Waals surface area contributed by atoms with Gasteiger partial charge in [-0.2, -0.15) is 0 Å². The minimum atomic E-state index is -0.672. The molecule has 7 nitrogen and oxygen atoms in total. The highest BCUT2D eigenvalue weighted by Crippen LogP contribution is 2.29. The van der Waals surface area contributed by atoms with E-state index in [9.17, 15) is 9.59 Å². The summed E-state index contributed by atoms with van der Waals surface area (Å²) in [6.07, 6.45) is -0.317. The molecule has 3 rings (SSSR count). The number of hydrogen-bond donors (Lipinski definition) is 1. The van der Waals surface area contributed by atoms with Crippen molar-refractivity contribution in [3.05, 3.63) is 68.7 Å². The van der Waals surface area contributed by atoms with Crippen molar-refractivity contribution in [1.29, 1.82) is 0 Å².